The standard InChI is InChI=1S/C13H10N2O3S/c14-9-1-2-11-8(3-9)4-12(18-11)13(16)17-6-10-5-15-7-19-10/h1-5,7H,6,14H2. The molecule has 0 bridgehead atoms. The van der Waals surface area contributed by atoms with Gasteiger partial charge in [-0.05, 0) is 24.3 Å². The summed E-state index contributed by atoms with van der Waals surface area (Å²) >= 11 is 1.43. The number of carbonyl (C=O) groups is 1. The van der Waals surface area contributed by atoms with E-state index in [0.29, 0.717) is 11.3 Å². The monoisotopic (exact) mass is 274 g/mol. The number of aromatic nitrogens is 1. The first-order chi connectivity index (χ1) is 9.22. The number of furan rings is 1. The van der Waals surface area contributed by atoms with Crippen LogP contribution in [0.2, 0.25) is 0 Å². The van der Waals surface area contributed by atoms with Crippen molar-refractivity contribution >= 4 is 34.0 Å². The molecule has 19 heavy (non-hydrogen) atoms. The fraction of sp³-hybridized carbons (Fsp3) is 0.0769. The number of benzene rings is 1. The van der Waals surface area contributed by atoms with E-state index in [2.05, 4.69) is 4.98 Å². The Labute approximate surface area is 112 Å². The first-order valence-electron chi connectivity index (χ1n) is 5.56. The summed E-state index contributed by atoms with van der Waals surface area (Å²) in [6.45, 7) is 0.197. The van der Waals surface area contributed by atoms with Crippen LogP contribution in [0.5, 0.6) is 0 Å². The summed E-state index contributed by atoms with van der Waals surface area (Å²) in [6.07, 6.45) is 1.66. The van der Waals surface area contributed by atoms with Crippen molar-refractivity contribution in [3.8, 4) is 0 Å². The molecule has 0 aliphatic carbocycles. The third-order valence-electron chi connectivity index (χ3n) is 2.57. The molecule has 0 spiro atoms. The van der Waals surface area contributed by atoms with Gasteiger partial charge in [0.1, 0.15) is 12.2 Å². The van der Waals surface area contributed by atoms with Gasteiger partial charge in [-0.25, -0.2) is 4.79 Å². The Morgan fingerprint density at radius 2 is 2.32 bits per heavy atom. The van der Waals surface area contributed by atoms with Crippen molar-refractivity contribution < 1.29 is 13.9 Å². The van der Waals surface area contributed by atoms with Crippen LogP contribution in [-0.2, 0) is 11.3 Å². The highest BCUT2D eigenvalue weighted by Crippen LogP contribution is 2.22. The van der Waals surface area contributed by atoms with Gasteiger partial charge in [0, 0.05) is 17.3 Å². The summed E-state index contributed by atoms with van der Waals surface area (Å²) in [4.78, 5) is 16.6. The van der Waals surface area contributed by atoms with E-state index in [-0.39, 0.29) is 12.4 Å². The maximum absolute atomic E-state index is 11.8. The number of nitrogens with two attached hydrogens (primary N) is 1. The van der Waals surface area contributed by atoms with Crippen LogP contribution in [0.25, 0.3) is 11.0 Å². The molecule has 5 nitrogen and oxygen atoms in total. The zero-order valence-corrected chi connectivity index (χ0v) is 10.6. The van der Waals surface area contributed by atoms with Gasteiger partial charge in [0.25, 0.3) is 0 Å². The lowest BCUT2D eigenvalue weighted by Gasteiger charge is -1.99. The molecule has 96 valence electrons. The van der Waals surface area contributed by atoms with Crippen LogP contribution in [0.15, 0.2) is 40.4 Å². The minimum absolute atomic E-state index is 0.171. The third kappa shape index (κ3) is 2.43. The molecule has 0 atom stereocenters. The molecule has 6 heteroatoms. The topological polar surface area (TPSA) is 78.3 Å². The van der Waals surface area contributed by atoms with Crippen LogP contribution < -0.4 is 5.73 Å². The number of hydrogen-bond donors (Lipinski definition) is 1. The van der Waals surface area contributed by atoms with Crippen LogP contribution in [0, 0.1) is 0 Å². The van der Waals surface area contributed by atoms with Crippen molar-refractivity contribution in [1.29, 1.82) is 0 Å². The fourth-order valence-electron chi connectivity index (χ4n) is 1.68. The fourth-order valence-corrected chi connectivity index (χ4v) is 2.19. The largest absolute Gasteiger partial charge is 0.454 e. The van der Waals surface area contributed by atoms with Gasteiger partial charge < -0.3 is 14.9 Å². The van der Waals surface area contributed by atoms with Crippen LogP contribution in [0.3, 0.4) is 0 Å². The van der Waals surface area contributed by atoms with Gasteiger partial charge in [0.2, 0.25) is 5.76 Å². The Kier molecular flexibility index (Phi) is 2.92. The smallest absolute Gasteiger partial charge is 0.374 e. The minimum Gasteiger partial charge on any atom is -0.454 e. The molecule has 0 amide bonds. The first-order valence-corrected chi connectivity index (χ1v) is 6.44. The lowest BCUT2D eigenvalue weighted by molar-refractivity contribution is 0.0442. The maximum Gasteiger partial charge on any atom is 0.374 e. The maximum atomic E-state index is 11.8. The normalized spacial score (nSPS) is 10.7. The Balaban J connectivity index is 1.77. The van der Waals surface area contributed by atoms with Gasteiger partial charge >= 0.3 is 5.97 Å². The van der Waals surface area contributed by atoms with Crippen molar-refractivity contribution in [1.82, 2.24) is 4.98 Å². The number of hydrogen-bond acceptors (Lipinski definition) is 6. The summed E-state index contributed by atoms with van der Waals surface area (Å²) in [5.74, 6) is -0.326. The van der Waals surface area contributed by atoms with Crippen molar-refractivity contribution in [3.05, 3.63) is 46.6 Å². The molecule has 0 aliphatic rings. The average molecular weight is 274 g/mol. The molecular formula is C13H10N2O3S. The number of ether oxygens (including phenoxy) is 1. The van der Waals surface area contributed by atoms with Crippen LogP contribution in [-0.4, -0.2) is 11.0 Å². The Morgan fingerprint density at radius 1 is 1.42 bits per heavy atom. The van der Waals surface area contributed by atoms with Crippen molar-refractivity contribution in [3.63, 3.8) is 0 Å². The molecule has 0 saturated carbocycles. The third-order valence-corrected chi connectivity index (χ3v) is 3.32. The van der Waals surface area contributed by atoms with Gasteiger partial charge in [0.15, 0.2) is 0 Å². The molecular weight excluding hydrogens is 264 g/mol. The van der Waals surface area contributed by atoms with Crippen LogP contribution in [0.1, 0.15) is 15.4 Å². The second-order valence-corrected chi connectivity index (χ2v) is 4.92. The molecule has 0 unspecified atom stereocenters. The zero-order chi connectivity index (χ0) is 13.2. The van der Waals surface area contributed by atoms with E-state index in [1.54, 1.807) is 36.0 Å². The lowest BCUT2D eigenvalue weighted by Crippen LogP contribution is -2.02. The van der Waals surface area contributed by atoms with E-state index in [1.165, 1.54) is 11.3 Å². The molecule has 2 aromatic heterocycles. The van der Waals surface area contributed by atoms with Gasteiger partial charge in [-0.1, -0.05) is 0 Å². The predicted octanol–water partition coefficient (Wildman–Crippen LogP) is 2.83. The number of carbonyl (C=O) groups excluding carboxylic acids is 1. The van der Waals surface area contributed by atoms with E-state index < -0.39 is 5.97 Å². The zero-order valence-electron chi connectivity index (χ0n) is 9.83. The van der Waals surface area contributed by atoms with E-state index >= 15 is 0 Å². The van der Waals surface area contributed by atoms with Gasteiger partial charge in [-0.15, -0.1) is 11.3 Å². The molecule has 0 fully saturated rings. The SMILES string of the molecule is Nc1ccc2oc(C(=O)OCc3cncs3)cc2c1. The van der Waals surface area contributed by atoms with Crippen molar-refractivity contribution in [2.45, 2.75) is 6.61 Å². The first kappa shape index (κ1) is 11.7. The molecule has 3 aromatic rings. The summed E-state index contributed by atoms with van der Waals surface area (Å²) in [5, 5.41) is 0.782. The second-order valence-electron chi connectivity index (χ2n) is 3.95. The summed E-state index contributed by atoms with van der Waals surface area (Å²) < 4.78 is 10.6. The molecule has 3 rings (SSSR count). The van der Waals surface area contributed by atoms with Gasteiger partial charge in [0.05, 0.1) is 10.4 Å². The van der Waals surface area contributed by atoms with Gasteiger partial charge in [-0.3, -0.25) is 4.98 Å². The predicted molar refractivity (Wildman–Crippen MR) is 71.9 cm³/mol. The Hall–Kier alpha value is -2.34. The molecule has 2 heterocycles. The number of rotatable bonds is 3. The molecule has 0 saturated heterocycles. The van der Waals surface area contributed by atoms with Gasteiger partial charge in [-0.2, -0.15) is 0 Å². The lowest BCUT2D eigenvalue weighted by atomic mass is 10.2. The number of nitrogen functional groups attached to an aromatic ring is 1. The molecule has 2 N–H and O–H groups in total. The van der Waals surface area contributed by atoms with E-state index in [4.69, 9.17) is 14.9 Å². The quantitative estimate of drug-likeness (QED) is 0.587. The van der Waals surface area contributed by atoms with Crippen LogP contribution >= 0.6 is 11.3 Å². The molecule has 0 aliphatic heterocycles. The average Bonchev–Trinajstić information content (AvgIpc) is 3.04. The number of esters is 1. The summed E-state index contributed by atoms with van der Waals surface area (Å²) in [7, 11) is 0. The van der Waals surface area contributed by atoms with Crippen molar-refractivity contribution in [2.24, 2.45) is 0 Å². The van der Waals surface area contributed by atoms with E-state index in [0.717, 1.165) is 10.3 Å². The molecule has 1 aromatic carbocycles. The van der Waals surface area contributed by atoms with E-state index in [1.807, 2.05) is 0 Å². The number of thiazole rings is 1. The highest BCUT2D eigenvalue weighted by Gasteiger charge is 2.14. The van der Waals surface area contributed by atoms with E-state index in [9.17, 15) is 4.79 Å². The summed E-state index contributed by atoms with van der Waals surface area (Å²) in [5.41, 5.74) is 8.59. The van der Waals surface area contributed by atoms with Crippen molar-refractivity contribution in [2.75, 3.05) is 5.73 Å². The Morgan fingerprint density at radius 3 is 3.11 bits per heavy atom. The molecule has 0 radical (unpaired) electrons. The highest BCUT2D eigenvalue weighted by atomic mass is 32.1. The Bertz CT molecular complexity index is 719. The summed E-state index contributed by atoms with van der Waals surface area (Å²) in [6, 6.07) is 6.82. The minimum atomic E-state index is -0.497. The number of fused-ring (bicyclic) bond motifs is 1. The van der Waals surface area contributed by atoms with Crippen LogP contribution in [0.4, 0.5) is 5.69 Å². The number of nitrogens with zero attached hydrogens (tertiary/aromatic N) is 1. The highest BCUT2D eigenvalue weighted by molar-refractivity contribution is 7.09. The second kappa shape index (κ2) is 4.74. The number of anilines is 1.